The van der Waals surface area contributed by atoms with E-state index < -0.39 is 12.0 Å². The van der Waals surface area contributed by atoms with E-state index in [9.17, 15) is 14.7 Å². The van der Waals surface area contributed by atoms with E-state index in [0.29, 0.717) is 6.42 Å². The molecule has 116 valence electrons. The fourth-order valence-corrected chi connectivity index (χ4v) is 3.12. The minimum absolute atomic E-state index is 0.175. The molecule has 1 N–H and O–H groups in total. The van der Waals surface area contributed by atoms with Crippen molar-refractivity contribution in [3.8, 4) is 0 Å². The predicted molar refractivity (Wildman–Crippen MR) is 87.1 cm³/mol. The summed E-state index contributed by atoms with van der Waals surface area (Å²) in [6.07, 6.45) is 0.301. The summed E-state index contributed by atoms with van der Waals surface area (Å²) < 4.78 is 0. The number of aliphatic carboxylic acids is 1. The fraction of sp³-hybridized carbons (Fsp3) is 0.294. The van der Waals surface area contributed by atoms with Crippen LogP contribution in [0.25, 0.3) is 0 Å². The van der Waals surface area contributed by atoms with Gasteiger partial charge in [-0.05, 0) is 23.9 Å². The molecule has 1 heterocycles. The van der Waals surface area contributed by atoms with Gasteiger partial charge < -0.3 is 10.0 Å². The number of hydrogen-bond acceptors (Lipinski definition) is 3. The Kier molecular flexibility index (Phi) is 5.33. The molecular weight excluding hydrogens is 298 g/mol. The van der Waals surface area contributed by atoms with Crippen molar-refractivity contribution in [2.75, 3.05) is 7.05 Å². The van der Waals surface area contributed by atoms with E-state index in [4.69, 9.17) is 0 Å². The lowest BCUT2D eigenvalue weighted by molar-refractivity contribution is -0.149. The zero-order valence-electron chi connectivity index (χ0n) is 12.6. The first-order valence-electron chi connectivity index (χ1n) is 7.07. The highest BCUT2D eigenvalue weighted by Crippen LogP contribution is 2.23. The topological polar surface area (TPSA) is 57.6 Å². The van der Waals surface area contributed by atoms with Gasteiger partial charge in [0.1, 0.15) is 6.04 Å². The maximum absolute atomic E-state index is 12.5. The summed E-state index contributed by atoms with van der Waals surface area (Å²) in [5.41, 5.74) is 0.901. The molecule has 1 amide bonds. The molecule has 0 bridgehead atoms. The van der Waals surface area contributed by atoms with Gasteiger partial charge in [0.2, 0.25) is 5.91 Å². The second-order valence-electron chi connectivity index (χ2n) is 5.23. The third-order valence-electron chi connectivity index (χ3n) is 3.71. The van der Waals surface area contributed by atoms with E-state index in [0.717, 1.165) is 10.4 Å². The van der Waals surface area contributed by atoms with Crippen LogP contribution in [0.4, 0.5) is 0 Å². The van der Waals surface area contributed by atoms with Crippen LogP contribution >= 0.6 is 11.3 Å². The molecule has 22 heavy (non-hydrogen) atoms. The molecule has 5 heteroatoms. The summed E-state index contributed by atoms with van der Waals surface area (Å²) in [5.74, 6) is -1.49. The summed E-state index contributed by atoms with van der Waals surface area (Å²) in [4.78, 5) is 26.4. The molecule has 0 fully saturated rings. The first-order valence-corrected chi connectivity index (χ1v) is 7.95. The van der Waals surface area contributed by atoms with Crippen LogP contribution < -0.4 is 0 Å². The maximum Gasteiger partial charge on any atom is 0.326 e. The molecule has 4 nitrogen and oxygen atoms in total. The van der Waals surface area contributed by atoms with Crippen LogP contribution in [0.5, 0.6) is 0 Å². The van der Waals surface area contributed by atoms with Crippen molar-refractivity contribution in [1.29, 1.82) is 0 Å². The van der Waals surface area contributed by atoms with Gasteiger partial charge in [-0.2, -0.15) is 0 Å². The van der Waals surface area contributed by atoms with Crippen LogP contribution in [0.1, 0.15) is 23.3 Å². The highest BCUT2D eigenvalue weighted by Gasteiger charge is 2.30. The third kappa shape index (κ3) is 3.74. The van der Waals surface area contributed by atoms with Crippen molar-refractivity contribution < 1.29 is 14.7 Å². The highest BCUT2D eigenvalue weighted by atomic mass is 32.1. The summed E-state index contributed by atoms with van der Waals surface area (Å²) in [6, 6.07) is 12.3. The van der Waals surface area contributed by atoms with Gasteiger partial charge in [-0.15, -0.1) is 11.3 Å². The number of benzene rings is 1. The van der Waals surface area contributed by atoms with E-state index in [1.807, 2.05) is 54.8 Å². The van der Waals surface area contributed by atoms with Gasteiger partial charge in [-0.3, -0.25) is 4.79 Å². The van der Waals surface area contributed by atoms with Crippen molar-refractivity contribution in [3.05, 3.63) is 58.3 Å². The molecule has 2 rings (SSSR count). The molecular formula is C17H19NO3S. The lowest BCUT2D eigenvalue weighted by atomic mass is 10.0. The number of thiophene rings is 1. The van der Waals surface area contributed by atoms with Crippen LogP contribution in [0.2, 0.25) is 0 Å². The monoisotopic (exact) mass is 317 g/mol. The summed E-state index contributed by atoms with van der Waals surface area (Å²) in [5, 5.41) is 11.4. The normalized spacial score (nSPS) is 13.4. The molecule has 0 saturated carbocycles. The average molecular weight is 317 g/mol. The van der Waals surface area contributed by atoms with E-state index in [1.165, 1.54) is 16.2 Å². The zero-order valence-corrected chi connectivity index (χ0v) is 13.4. The molecule has 2 unspecified atom stereocenters. The van der Waals surface area contributed by atoms with Crippen molar-refractivity contribution in [2.45, 2.75) is 25.3 Å². The van der Waals surface area contributed by atoms with Gasteiger partial charge in [0, 0.05) is 18.3 Å². The van der Waals surface area contributed by atoms with Crippen LogP contribution in [-0.4, -0.2) is 35.0 Å². The Labute approximate surface area is 134 Å². The molecule has 2 aromatic rings. The molecule has 2 atom stereocenters. The van der Waals surface area contributed by atoms with Crippen LogP contribution in [0, 0.1) is 0 Å². The zero-order chi connectivity index (χ0) is 16.1. The first kappa shape index (κ1) is 16.2. The minimum Gasteiger partial charge on any atom is -0.480 e. The van der Waals surface area contributed by atoms with E-state index in [1.54, 1.807) is 7.05 Å². The predicted octanol–water partition coefficient (Wildman–Crippen LogP) is 3.01. The van der Waals surface area contributed by atoms with Crippen LogP contribution in [0.15, 0.2) is 47.8 Å². The molecule has 0 saturated heterocycles. The van der Waals surface area contributed by atoms with Gasteiger partial charge >= 0.3 is 5.97 Å². The number of hydrogen-bond donors (Lipinski definition) is 1. The number of rotatable bonds is 6. The number of nitrogens with zero attached hydrogens (tertiary/aromatic N) is 1. The Hall–Kier alpha value is -2.14. The second-order valence-corrected chi connectivity index (χ2v) is 6.21. The molecule has 1 aromatic carbocycles. The van der Waals surface area contributed by atoms with Gasteiger partial charge in [-0.25, -0.2) is 4.79 Å². The highest BCUT2D eigenvalue weighted by molar-refractivity contribution is 7.10. The van der Waals surface area contributed by atoms with Crippen molar-refractivity contribution in [2.24, 2.45) is 0 Å². The lowest BCUT2D eigenvalue weighted by Crippen LogP contribution is -2.45. The van der Waals surface area contributed by atoms with E-state index in [-0.39, 0.29) is 11.8 Å². The van der Waals surface area contributed by atoms with Crippen LogP contribution in [-0.2, 0) is 16.0 Å². The van der Waals surface area contributed by atoms with Crippen molar-refractivity contribution in [1.82, 2.24) is 4.90 Å². The standard InChI is InChI=1S/C17H19NO3S/c1-12(15-9-6-10-22-15)16(19)18(2)14(17(20)21)11-13-7-4-3-5-8-13/h3-10,12,14H,11H2,1-2H3,(H,20,21). The Balaban J connectivity index is 2.14. The minimum atomic E-state index is -0.988. The molecule has 1 aromatic heterocycles. The summed E-state index contributed by atoms with van der Waals surface area (Å²) >= 11 is 1.51. The SMILES string of the molecule is CC(C(=O)N(C)C(Cc1ccccc1)C(=O)O)c1cccs1. The Morgan fingerprint density at radius 1 is 1.18 bits per heavy atom. The Morgan fingerprint density at radius 2 is 1.86 bits per heavy atom. The first-order chi connectivity index (χ1) is 10.5. The number of carboxylic acids is 1. The number of carbonyl (C=O) groups excluding carboxylic acids is 1. The summed E-state index contributed by atoms with van der Waals surface area (Å²) in [6.45, 7) is 1.81. The fourth-order valence-electron chi connectivity index (χ4n) is 2.35. The molecule has 0 radical (unpaired) electrons. The van der Waals surface area contributed by atoms with Gasteiger partial charge in [-0.1, -0.05) is 36.4 Å². The molecule has 0 aliphatic carbocycles. The Morgan fingerprint density at radius 3 is 2.41 bits per heavy atom. The number of amides is 1. The van der Waals surface area contributed by atoms with E-state index >= 15 is 0 Å². The maximum atomic E-state index is 12.5. The van der Waals surface area contributed by atoms with Gasteiger partial charge in [0.05, 0.1) is 5.92 Å². The number of carbonyl (C=O) groups is 2. The summed E-state index contributed by atoms with van der Waals surface area (Å²) in [7, 11) is 1.56. The molecule has 0 spiro atoms. The average Bonchev–Trinajstić information content (AvgIpc) is 3.05. The van der Waals surface area contributed by atoms with Gasteiger partial charge in [0.25, 0.3) is 0 Å². The Bertz CT molecular complexity index is 625. The smallest absolute Gasteiger partial charge is 0.326 e. The van der Waals surface area contributed by atoms with Crippen molar-refractivity contribution >= 4 is 23.2 Å². The largest absolute Gasteiger partial charge is 0.480 e. The van der Waals surface area contributed by atoms with E-state index in [2.05, 4.69) is 0 Å². The van der Waals surface area contributed by atoms with Crippen molar-refractivity contribution in [3.63, 3.8) is 0 Å². The lowest BCUT2D eigenvalue weighted by Gasteiger charge is -2.27. The second kappa shape index (κ2) is 7.22. The van der Waals surface area contributed by atoms with Crippen LogP contribution in [0.3, 0.4) is 0 Å². The molecule has 0 aliphatic rings. The third-order valence-corrected chi connectivity index (χ3v) is 4.77. The van der Waals surface area contributed by atoms with Gasteiger partial charge in [0.15, 0.2) is 0 Å². The number of carboxylic acid groups (broad SMARTS) is 1. The quantitative estimate of drug-likeness (QED) is 0.891. The number of likely N-dealkylation sites (N-methyl/N-ethyl adjacent to an activating group) is 1. The molecule has 0 aliphatic heterocycles.